The Bertz CT molecular complexity index is 603. The molecule has 0 aliphatic carbocycles. The molecular weight excluding hydrogens is 283 g/mol. The molecule has 0 bridgehead atoms. The van der Waals surface area contributed by atoms with Gasteiger partial charge in [-0.15, -0.1) is 0 Å². The van der Waals surface area contributed by atoms with E-state index >= 15 is 0 Å². The molecule has 112 valence electrons. The zero-order valence-corrected chi connectivity index (χ0v) is 11.1. The van der Waals surface area contributed by atoms with Gasteiger partial charge >= 0.3 is 6.18 Å². The molecule has 1 fully saturated rings. The fourth-order valence-corrected chi connectivity index (χ4v) is 2.40. The number of para-hydroxylation sites is 1. The molecule has 1 atom stereocenters. The first kappa shape index (κ1) is 14.1. The second-order valence-corrected chi connectivity index (χ2v) is 4.86. The Morgan fingerprint density at radius 1 is 1.24 bits per heavy atom. The summed E-state index contributed by atoms with van der Waals surface area (Å²) in [5, 5.41) is 6.78. The normalized spacial score (nSPS) is 23.2. The number of ether oxygens (including phenoxy) is 1. The van der Waals surface area contributed by atoms with E-state index < -0.39 is 11.8 Å². The van der Waals surface area contributed by atoms with Crippen LogP contribution in [0.1, 0.15) is 5.56 Å². The quantitative estimate of drug-likeness (QED) is 0.924. The minimum atomic E-state index is -4.51. The predicted molar refractivity (Wildman–Crippen MR) is 70.1 cm³/mol. The number of morpholine rings is 1. The van der Waals surface area contributed by atoms with E-state index in [1.54, 1.807) is 24.3 Å². The van der Waals surface area contributed by atoms with Crippen LogP contribution in [0, 0.1) is 0 Å². The summed E-state index contributed by atoms with van der Waals surface area (Å²) >= 11 is 0. The predicted octanol–water partition coefficient (Wildman–Crippen LogP) is 2.25. The van der Waals surface area contributed by atoms with Gasteiger partial charge < -0.3 is 10.1 Å². The molecule has 2 aromatic rings. The lowest BCUT2D eigenvalue weighted by molar-refractivity contribution is -0.290. The molecule has 21 heavy (non-hydrogen) atoms. The number of rotatable bonds is 2. The summed E-state index contributed by atoms with van der Waals surface area (Å²) in [6, 6.07) is 8.98. The fraction of sp³-hybridized carbons (Fsp3) is 0.357. The van der Waals surface area contributed by atoms with Crippen LogP contribution in [0.3, 0.4) is 0 Å². The van der Waals surface area contributed by atoms with Crippen LogP contribution in [0.2, 0.25) is 0 Å². The van der Waals surface area contributed by atoms with Crippen LogP contribution in [0.25, 0.3) is 5.69 Å². The first-order chi connectivity index (χ1) is 10.0. The SMILES string of the molecule is FC(F)(F)C1(c2cnn(-c3ccccc3)c2)CNCCO1. The lowest BCUT2D eigenvalue weighted by Gasteiger charge is -2.38. The molecule has 1 aromatic carbocycles. The van der Waals surface area contributed by atoms with Crippen molar-refractivity contribution in [3.05, 3.63) is 48.3 Å². The summed E-state index contributed by atoms with van der Waals surface area (Å²) in [7, 11) is 0. The van der Waals surface area contributed by atoms with E-state index in [0.29, 0.717) is 12.2 Å². The number of hydrogen-bond donors (Lipinski definition) is 1. The lowest BCUT2D eigenvalue weighted by atomic mass is 9.94. The topological polar surface area (TPSA) is 39.1 Å². The van der Waals surface area contributed by atoms with Crippen molar-refractivity contribution in [3.8, 4) is 5.69 Å². The van der Waals surface area contributed by atoms with Gasteiger partial charge in [0.1, 0.15) is 0 Å². The van der Waals surface area contributed by atoms with Crippen molar-refractivity contribution in [1.29, 1.82) is 0 Å². The van der Waals surface area contributed by atoms with Gasteiger partial charge in [0, 0.05) is 24.8 Å². The van der Waals surface area contributed by atoms with E-state index in [4.69, 9.17) is 4.74 Å². The maximum atomic E-state index is 13.5. The highest BCUT2D eigenvalue weighted by atomic mass is 19.4. The van der Waals surface area contributed by atoms with E-state index in [1.807, 2.05) is 6.07 Å². The Hall–Kier alpha value is -1.86. The molecule has 0 amide bonds. The van der Waals surface area contributed by atoms with Crippen molar-refractivity contribution >= 4 is 0 Å². The summed E-state index contributed by atoms with van der Waals surface area (Å²) in [6.45, 7) is 0.109. The van der Waals surface area contributed by atoms with Crippen molar-refractivity contribution in [3.63, 3.8) is 0 Å². The van der Waals surface area contributed by atoms with Crippen LogP contribution in [-0.4, -0.2) is 35.7 Å². The molecule has 1 aliphatic rings. The number of hydrogen-bond acceptors (Lipinski definition) is 3. The minimum Gasteiger partial charge on any atom is -0.358 e. The summed E-state index contributed by atoms with van der Waals surface area (Å²) in [5.74, 6) is 0. The van der Waals surface area contributed by atoms with E-state index in [2.05, 4.69) is 10.4 Å². The third-order valence-electron chi connectivity index (χ3n) is 3.53. The van der Waals surface area contributed by atoms with E-state index in [9.17, 15) is 13.2 Å². The molecule has 0 saturated carbocycles. The van der Waals surface area contributed by atoms with Crippen LogP contribution in [0.5, 0.6) is 0 Å². The van der Waals surface area contributed by atoms with Crippen LogP contribution >= 0.6 is 0 Å². The van der Waals surface area contributed by atoms with Crippen molar-refractivity contribution < 1.29 is 17.9 Å². The fourth-order valence-electron chi connectivity index (χ4n) is 2.40. The van der Waals surface area contributed by atoms with Gasteiger partial charge in [0.25, 0.3) is 0 Å². The number of alkyl halides is 3. The average Bonchev–Trinajstić information content (AvgIpc) is 2.98. The van der Waals surface area contributed by atoms with Gasteiger partial charge in [-0.2, -0.15) is 18.3 Å². The molecule has 0 spiro atoms. The Morgan fingerprint density at radius 3 is 2.62 bits per heavy atom. The lowest BCUT2D eigenvalue weighted by Crippen LogP contribution is -2.56. The van der Waals surface area contributed by atoms with Gasteiger partial charge in [0.05, 0.1) is 18.5 Å². The minimum absolute atomic E-state index is 0.00560. The highest BCUT2D eigenvalue weighted by molar-refractivity contribution is 5.32. The van der Waals surface area contributed by atoms with Crippen LogP contribution in [0.15, 0.2) is 42.7 Å². The molecule has 0 radical (unpaired) electrons. The van der Waals surface area contributed by atoms with E-state index in [-0.39, 0.29) is 18.7 Å². The summed E-state index contributed by atoms with van der Waals surface area (Å²) in [5.41, 5.74) is -1.63. The largest absolute Gasteiger partial charge is 0.423 e. The smallest absolute Gasteiger partial charge is 0.358 e. The molecule has 1 unspecified atom stereocenters. The summed E-state index contributed by atoms with van der Waals surface area (Å²) < 4.78 is 47.0. The molecule has 4 nitrogen and oxygen atoms in total. The first-order valence-corrected chi connectivity index (χ1v) is 6.55. The number of benzene rings is 1. The Kier molecular flexibility index (Phi) is 3.46. The highest BCUT2D eigenvalue weighted by Gasteiger charge is 2.58. The third kappa shape index (κ3) is 2.43. The zero-order valence-electron chi connectivity index (χ0n) is 11.1. The first-order valence-electron chi connectivity index (χ1n) is 6.55. The average molecular weight is 297 g/mol. The van der Waals surface area contributed by atoms with Crippen molar-refractivity contribution in [2.45, 2.75) is 11.8 Å². The molecule has 1 aliphatic heterocycles. The molecular formula is C14H14F3N3O. The monoisotopic (exact) mass is 297 g/mol. The summed E-state index contributed by atoms with van der Waals surface area (Å²) in [6.07, 6.45) is -1.92. The van der Waals surface area contributed by atoms with Crippen molar-refractivity contribution in [2.75, 3.05) is 19.7 Å². The summed E-state index contributed by atoms with van der Waals surface area (Å²) in [4.78, 5) is 0. The van der Waals surface area contributed by atoms with Gasteiger partial charge in [-0.1, -0.05) is 18.2 Å². The zero-order chi connectivity index (χ0) is 14.9. The van der Waals surface area contributed by atoms with Crippen molar-refractivity contribution in [2.24, 2.45) is 0 Å². The molecule has 2 heterocycles. The van der Waals surface area contributed by atoms with Gasteiger partial charge in [0.2, 0.25) is 5.60 Å². The number of nitrogens with zero attached hydrogens (tertiary/aromatic N) is 2. The van der Waals surface area contributed by atoms with Gasteiger partial charge in [-0.3, -0.25) is 0 Å². The van der Waals surface area contributed by atoms with Crippen LogP contribution in [0.4, 0.5) is 13.2 Å². The maximum Gasteiger partial charge on any atom is 0.423 e. The number of aromatic nitrogens is 2. The number of halogens is 3. The highest BCUT2D eigenvalue weighted by Crippen LogP contribution is 2.42. The molecule has 3 rings (SSSR count). The van der Waals surface area contributed by atoms with Crippen LogP contribution < -0.4 is 5.32 Å². The Labute approximate surface area is 119 Å². The molecule has 1 aromatic heterocycles. The molecule has 7 heteroatoms. The second-order valence-electron chi connectivity index (χ2n) is 4.86. The molecule has 1 saturated heterocycles. The standard InChI is InChI=1S/C14H14F3N3O/c15-14(16,17)13(10-18-6-7-21-13)11-8-19-20(9-11)12-4-2-1-3-5-12/h1-5,8-9,18H,6-7,10H2. The van der Waals surface area contributed by atoms with Gasteiger partial charge in [-0.25, -0.2) is 4.68 Å². The van der Waals surface area contributed by atoms with Gasteiger partial charge in [-0.05, 0) is 12.1 Å². The van der Waals surface area contributed by atoms with Crippen molar-refractivity contribution in [1.82, 2.24) is 15.1 Å². The van der Waals surface area contributed by atoms with E-state index in [0.717, 1.165) is 0 Å². The second kappa shape index (κ2) is 5.16. The maximum absolute atomic E-state index is 13.5. The molecule has 1 N–H and O–H groups in total. The van der Waals surface area contributed by atoms with Crippen LogP contribution in [-0.2, 0) is 10.3 Å². The number of nitrogens with one attached hydrogen (secondary N) is 1. The Morgan fingerprint density at radius 2 is 2.00 bits per heavy atom. The van der Waals surface area contributed by atoms with E-state index in [1.165, 1.54) is 17.1 Å². The third-order valence-corrected chi connectivity index (χ3v) is 3.53. The van der Waals surface area contributed by atoms with Gasteiger partial charge in [0.15, 0.2) is 0 Å². The Balaban J connectivity index is 2.00.